The first-order chi connectivity index (χ1) is 14.8. The summed E-state index contributed by atoms with van der Waals surface area (Å²) >= 11 is 0. The van der Waals surface area contributed by atoms with E-state index >= 15 is 0 Å². The van der Waals surface area contributed by atoms with E-state index in [9.17, 15) is 4.39 Å². The van der Waals surface area contributed by atoms with Gasteiger partial charge in [-0.2, -0.15) is 0 Å². The van der Waals surface area contributed by atoms with Gasteiger partial charge in [0.1, 0.15) is 11.6 Å². The molecule has 4 aromatic rings. The molecule has 0 spiro atoms. The molecule has 3 aromatic heterocycles. The Morgan fingerprint density at radius 3 is 2.58 bits per heavy atom. The number of aromatic nitrogens is 4. The van der Waals surface area contributed by atoms with Crippen LogP contribution in [0.4, 0.5) is 4.39 Å². The van der Waals surface area contributed by atoms with E-state index in [2.05, 4.69) is 25.9 Å². The van der Waals surface area contributed by atoms with Gasteiger partial charge in [-0.05, 0) is 68.9 Å². The molecule has 0 bridgehead atoms. The zero-order valence-corrected chi connectivity index (χ0v) is 18.7. The van der Waals surface area contributed by atoms with Crippen LogP contribution in [0.2, 0.25) is 0 Å². The van der Waals surface area contributed by atoms with Crippen LogP contribution >= 0.6 is 0 Å². The van der Waals surface area contributed by atoms with Gasteiger partial charge >= 0.3 is 0 Å². The molecule has 0 radical (unpaired) electrons. The van der Waals surface area contributed by atoms with Gasteiger partial charge in [-0.25, -0.2) is 4.39 Å². The van der Waals surface area contributed by atoms with E-state index in [4.69, 9.17) is 4.74 Å². The summed E-state index contributed by atoms with van der Waals surface area (Å²) in [6.07, 6.45) is 4.68. The van der Waals surface area contributed by atoms with Gasteiger partial charge in [0.05, 0.1) is 18.8 Å². The minimum atomic E-state index is -0.246. The Labute approximate surface area is 181 Å². The molecule has 0 aliphatic heterocycles. The van der Waals surface area contributed by atoms with Gasteiger partial charge in [0.25, 0.3) is 0 Å². The molecular weight excluding hydrogens is 393 g/mol. The van der Waals surface area contributed by atoms with Crippen LogP contribution in [-0.2, 0) is 20.0 Å². The van der Waals surface area contributed by atoms with Crippen LogP contribution in [0.1, 0.15) is 22.6 Å². The van der Waals surface area contributed by atoms with Crippen molar-refractivity contribution < 1.29 is 9.13 Å². The summed E-state index contributed by atoms with van der Waals surface area (Å²) in [4.78, 5) is 2.05. The number of hydrogen-bond donors (Lipinski definition) is 0. The largest absolute Gasteiger partial charge is 0.491 e. The molecule has 162 valence electrons. The lowest BCUT2D eigenvalue weighted by atomic mass is 9.99. The van der Waals surface area contributed by atoms with Crippen LogP contribution in [-0.4, -0.2) is 44.8 Å². The fourth-order valence-electron chi connectivity index (χ4n) is 3.91. The van der Waals surface area contributed by atoms with Crippen molar-refractivity contribution >= 4 is 5.65 Å². The van der Waals surface area contributed by atoms with E-state index in [1.165, 1.54) is 6.07 Å². The van der Waals surface area contributed by atoms with Crippen LogP contribution in [0, 0.1) is 19.7 Å². The monoisotopic (exact) mass is 421 g/mol. The molecule has 0 aliphatic carbocycles. The molecule has 0 saturated heterocycles. The first-order valence-corrected chi connectivity index (χ1v) is 10.4. The van der Waals surface area contributed by atoms with Gasteiger partial charge < -0.3 is 14.2 Å². The summed E-state index contributed by atoms with van der Waals surface area (Å²) < 4.78 is 24.2. The fraction of sp³-hybridized carbons (Fsp3) is 0.333. The molecule has 0 atom stereocenters. The number of fused-ring (bicyclic) bond motifs is 1. The maximum absolute atomic E-state index is 14.1. The average Bonchev–Trinajstić information content (AvgIpc) is 3.22. The van der Waals surface area contributed by atoms with Crippen LogP contribution in [0.15, 0.2) is 42.7 Å². The third kappa shape index (κ3) is 4.32. The maximum atomic E-state index is 14.1. The number of hydrogen-bond acceptors (Lipinski definition) is 4. The number of aryl methyl sites for hydroxylation is 2. The van der Waals surface area contributed by atoms with E-state index in [0.29, 0.717) is 19.6 Å². The summed E-state index contributed by atoms with van der Waals surface area (Å²) in [7, 11) is 6.00. The van der Waals surface area contributed by atoms with E-state index in [0.717, 1.165) is 45.2 Å². The second-order valence-electron chi connectivity index (χ2n) is 8.24. The van der Waals surface area contributed by atoms with Crippen molar-refractivity contribution in [3.63, 3.8) is 0 Å². The van der Waals surface area contributed by atoms with Gasteiger partial charge in [0.15, 0.2) is 11.5 Å². The third-order valence-electron chi connectivity index (χ3n) is 5.53. The molecule has 31 heavy (non-hydrogen) atoms. The van der Waals surface area contributed by atoms with Crippen LogP contribution in [0.5, 0.6) is 5.75 Å². The molecule has 0 fully saturated rings. The minimum absolute atomic E-state index is 0.246. The molecule has 0 N–H and O–H groups in total. The number of pyridine rings is 1. The number of rotatable bonds is 7. The predicted molar refractivity (Wildman–Crippen MR) is 120 cm³/mol. The Bertz CT molecular complexity index is 1220. The molecule has 7 heteroatoms. The Morgan fingerprint density at radius 2 is 1.87 bits per heavy atom. The SMILES string of the molecule is Cc1cn(C)c(C)c1OCCc1cc(F)ccc1-c1ccc2nnc(CN(C)C)n2c1. The standard InChI is InChI=1S/C24H28FN5O/c1-16-13-29(5)17(2)24(16)31-11-10-18-12-20(25)7-8-21(18)19-6-9-22-26-27-23(15-28(3)4)30(22)14-19/h6-9,12-14H,10-11,15H2,1-5H3. The number of ether oxygens (including phenoxy) is 1. The van der Waals surface area contributed by atoms with Crippen molar-refractivity contribution in [2.24, 2.45) is 7.05 Å². The highest BCUT2D eigenvalue weighted by atomic mass is 19.1. The molecular formula is C24H28FN5O. The number of halogens is 1. The zero-order chi connectivity index (χ0) is 22.1. The van der Waals surface area contributed by atoms with Crippen molar-refractivity contribution in [2.45, 2.75) is 26.8 Å². The molecule has 0 amide bonds. The predicted octanol–water partition coefficient (Wildman–Crippen LogP) is 4.17. The molecule has 0 aliphatic rings. The van der Waals surface area contributed by atoms with Crippen LogP contribution in [0.3, 0.4) is 0 Å². The maximum Gasteiger partial charge on any atom is 0.160 e. The lowest BCUT2D eigenvalue weighted by Crippen LogP contribution is -2.13. The topological polar surface area (TPSA) is 47.6 Å². The van der Waals surface area contributed by atoms with Crippen molar-refractivity contribution in [1.29, 1.82) is 0 Å². The number of nitrogens with zero attached hydrogens (tertiary/aromatic N) is 5. The van der Waals surface area contributed by atoms with Gasteiger partial charge in [-0.15, -0.1) is 10.2 Å². The average molecular weight is 422 g/mol. The number of benzene rings is 1. The van der Waals surface area contributed by atoms with Gasteiger partial charge in [0.2, 0.25) is 0 Å². The van der Waals surface area contributed by atoms with Crippen molar-refractivity contribution in [1.82, 2.24) is 24.1 Å². The summed E-state index contributed by atoms with van der Waals surface area (Å²) in [5, 5.41) is 8.55. The summed E-state index contributed by atoms with van der Waals surface area (Å²) in [6, 6.07) is 8.89. The van der Waals surface area contributed by atoms with Crippen LogP contribution in [0.25, 0.3) is 16.8 Å². The fourth-order valence-corrected chi connectivity index (χ4v) is 3.91. The van der Waals surface area contributed by atoms with E-state index in [1.54, 1.807) is 6.07 Å². The quantitative estimate of drug-likeness (QED) is 0.449. The summed E-state index contributed by atoms with van der Waals surface area (Å²) in [5.74, 6) is 1.52. The molecule has 3 heterocycles. The Balaban J connectivity index is 1.62. The molecule has 1 aromatic carbocycles. The highest BCUT2D eigenvalue weighted by Crippen LogP contribution is 2.28. The molecule has 0 saturated carbocycles. The first kappa shape index (κ1) is 21.1. The van der Waals surface area contributed by atoms with E-state index in [1.807, 2.05) is 63.8 Å². The van der Waals surface area contributed by atoms with Gasteiger partial charge in [0, 0.05) is 31.4 Å². The van der Waals surface area contributed by atoms with E-state index < -0.39 is 0 Å². The smallest absolute Gasteiger partial charge is 0.160 e. The second kappa shape index (κ2) is 8.51. The second-order valence-corrected chi connectivity index (χ2v) is 8.24. The molecule has 6 nitrogen and oxygen atoms in total. The third-order valence-corrected chi connectivity index (χ3v) is 5.53. The Hall–Kier alpha value is -3.19. The van der Waals surface area contributed by atoms with Crippen LogP contribution < -0.4 is 4.74 Å². The van der Waals surface area contributed by atoms with E-state index in [-0.39, 0.29) is 5.82 Å². The lowest BCUT2D eigenvalue weighted by Gasteiger charge is -2.13. The Kier molecular flexibility index (Phi) is 5.78. The molecule has 0 unspecified atom stereocenters. The van der Waals surface area contributed by atoms with Crippen molar-refractivity contribution in [2.75, 3.05) is 20.7 Å². The van der Waals surface area contributed by atoms with Crippen molar-refractivity contribution in [3.8, 4) is 16.9 Å². The molecule has 4 rings (SSSR count). The normalized spacial score (nSPS) is 11.6. The zero-order valence-electron chi connectivity index (χ0n) is 18.7. The summed E-state index contributed by atoms with van der Waals surface area (Å²) in [6.45, 7) is 5.23. The highest BCUT2D eigenvalue weighted by molar-refractivity contribution is 5.68. The lowest BCUT2D eigenvalue weighted by molar-refractivity contribution is 0.317. The van der Waals surface area contributed by atoms with Crippen molar-refractivity contribution in [3.05, 3.63) is 71.2 Å². The Morgan fingerprint density at radius 1 is 1.06 bits per heavy atom. The highest BCUT2D eigenvalue weighted by Gasteiger charge is 2.13. The van der Waals surface area contributed by atoms with Gasteiger partial charge in [-0.1, -0.05) is 6.07 Å². The van der Waals surface area contributed by atoms with Gasteiger partial charge in [-0.3, -0.25) is 4.40 Å². The minimum Gasteiger partial charge on any atom is -0.491 e. The first-order valence-electron chi connectivity index (χ1n) is 10.4. The summed E-state index contributed by atoms with van der Waals surface area (Å²) in [5.41, 5.74) is 5.87.